The predicted octanol–water partition coefficient (Wildman–Crippen LogP) is 0.686. The van der Waals surface area contributed by atoms with Crippen LogP contribution in [0.1, 0.15) is 6.92 Å². The normalized spacial score (nSPS) is 5.00. The molecule has 0 aromatic rings. The molecule has 38 valence electrons. The first-order chi connectivity index (χ1) is 2.83. The van der Waals surface area contributed by atoms with Gasteiger partial charge in [0.05, 0.1) is 6.26 Å². The predicted molar refractivity (Wildman–Crippen MR) is 25.6 cm³/mol. The van der Waals surface area contributed by atoms with Crippen molar-refractivity contribution in [1.29, 1.82) is 0 Å². The van der Waals surface area contributed by atoms with Gasteiger partial charge in [0.25, 0.3) is 0 Å². The third-order valence-electron chi connectivity index (χ3n) is 0. The summed E-state index contributed by atoms with van der Waals surface area (Å²) in [7, 11) is 0. The Kier molecular flexibility index (Phi) is 37.1. The molecule has 0 heterocycles. The Hall–Kier alpha value is -0.500. The van der Waals surface area contributed by atoms with Crippen LogP contribution >= 0.6 is 0 Å². The van der Waals surface area contributed by atoms with E-state index in [-0.39, 0.29) is 6.61 Å². The quantitative estimate of drug-likeness (QED) is 0.429. The van der Waals surface area contributed by atoms with Crippen molar-refractivity contribution in [3.8, 4) is 0 Å². The minimum Gasteiger partial charge on any atom is -0.516 e. The third-order valence-corrected chi connectivity index (χ3v) is 0. The minimum absolute atomic E-state index is 0.250. The molecule has 0 spiro atoms. The zero-order chi connectivity index (χ0) is 5.41. The van der Waals surface area contributed by atoms with Crippen LogP contribution in [0, 0.1) is 0 Å². The molecular formula is C4H10O2. The maximum Gasteiger partial charge on any atom is 0.0719 e. The number of aliphatic hydroxyl groups excluding tert-OH is 2. The molecule has 0 atom stereocenters. The zero-order valence-corrected chi connectivity index (χ0v) is 3.89. The molecule has 0 aromatic heterocycles. The van der Waals surface area contributed by atoms with Crippen LogP contribution < -0.4 is 0 Å². The topological polar surface area (TPSA) is 40.5 Å². The van der Waals surface area contributed by atoms with Gasteiger partial charge in [0.15, 0.2) is 0 Å². The summed E-state index contributed by atoms with van der Waals surface area (Å²) >= 11 is 0. The fraction of sp³-hybridized carbons (Fsp3) is 0.500. The molecule has 2 nitrogen and oxygen atoms in total. The molecule has 6 heavy (non-hydrogen) atoms. The van der Waals surface area contributed by atoms with Gasteiger partial charge in [-0.3, -0.25) is 0 Å². The van der Waals surface area contributed by atoms with Crippen LogP contribution in [-0.2, 0) is 0 Å². The summed E-state index contributed by atoms with van der Waals surface area (Å²) in [5.41, 5.74) is 0. The van der Waals surface area contributed by atoms with Crippen LogP contribution in [0.2, 0.25) is 0 Å². The molecule has 0 rings (SSSR count). The molecule has 2 heteroatoms. The average Bonchev–Trinajstić information content (AvgIpc) is 1.39. The zero-order valence-electron chi connectivity index (χ0n) is 3.89. The van der Waals surface area contributed by atoms with Gasteiger partial charge >= 0.3 is 0 Å². The fourth-order valence-corrected chi connectivity index (χ4v) is 0. The van der Waals surface area contributed by atoms with Crippen molar-refractivity contribution in [3.63, 3.8) is 0 Å². The van der Waals surface area contributed by atoms with Gasteiger partial charge in [-0.2, -0.15) is 0 Å². The van der Waals surface area contributed by atoms with Gasteiger partial charge in [-0.1, -0.05) is 6.58 Å². The lowest BCUT2D eigenvalue weighted by Crippen LogP contribution is -1.57. The summed E-state index contributed by atoms with van der Waals surface area (Å²) in [5.74, 6) is 0. The van der Waals surface area contributed by atoms with E-state index in [1.807, 2.05) is 0 Å². The van der Waals surface area contributed by atoms with Crippen LogP contribution in [0.15, 0.2) is 12.8 Å². The second kappa shape index (κ2) is 24.5. The van der Waals surface area contributed by atoms with E-state index in [0.717, 1.165) is 6.26 Å². The summed E-state index contributed by atoms with van der Waals surface area (Å²) in [6, 6.07) is 0. The van der Waals surface area contributed by atoms with Crippen molar-refractivity contribution in [3.05, 3.63) is 12.8 Å². The molecule has 0 aliphatic heterocycles. The number of rotatable bonds is 0. The number of hydrogen-bond donors (Lipinski definition) is 2. The Labute approximate surface area is 37.7 Å². The minimum atomic E-state index is 0.250. The van der Waals surface area contributed by atoms with Crippen molar-refractivity contribution >= 4 is 0 Å². The Morgan fingerprint density at radius 2 is 1.83 bits per heavy atom. The molecule has 0 aliphatic carbocycles. The molecule has 0 amide bonds. The van der Waals surface area contributed by atoms with Crippen LogP contribution in [-0.4, -0.2) is 16.8 Å². The van der Waals surface area contributed by atoms with Crippen LogP contribution in [0.3, 0.4) is 0 Å². The second-order valence-corrected chi connectivity index (χ2v) is 0.499. The number of aliphatic hydroxyl groups is 2. The Morgan fingerprint density at radius 3 is 1.83 bits per heavy atom. The van der Waals surface area contributed by atoms with E-state index >= 15 is 0 Å². The standard InChI is InChI=1S/C2H6O.C2H4O/c2*1-2-3/h3H,2H2,1H3;2-3H,1H2. The van der Waals surface area contributed by atoms with Crippen LogP contribution in [0.25, 0.3) is 0 Å². The largest absolute Gasteiger partial charge is 0.516 e. The average molecular weight is 90.1 g/mol. The fourth-order valence-electron chi connectivity index (χ4n) is 0. The third kappa shape index (κ3) is 87.5. The van der Waals surface area contributed by atoms with E-state index in [1.54, 1.807) is 6.92 Å². The van der Waals surface area contributed by atoms with E-state index in [2.05, 4.69) is 6.58 Å². The van der Waals surface area contributed by atoms with Crippen LogP contribution in [0.4, 0.5) is 0 Å². The maximum absolute atomic E-state index is 7.57. The summed E-state index contributed by atoms with van der Waals surface area (Å²) in [6.07, 6.45) is 0.750. The van der Waals surface area contributed by atoms with Gasteiger partial charge in [-0.25, -0.2) is 0 Å². The van der Waals surface area contributed by atoms with Gasteiger partial charge in [0.1, 0.15) is 0 Å². The van der Waals surface area contributed by atoms with Gasteiger partial charge in [0.2, 0.25) is 0 Å². The molecule has 0 fully saturated rings. The van der Waals surface area contributed by atoms with E-state index in [0.29, 0.717) is 0 Å². The lowest BCUT2D eigenvalue weighted by molar-refractivity contribution is 0.318. The molecule has 0 aromatic carbocycles. The molecule has 0 aliphatic rings. The summed E-state index contributed by atoms with van der Waals surface area (Å²) in [6.45, 7) is 4.85. The lowest BCUT2D eigenvalue weighted by atomic mass is 10.9. The molecule has 2 N–H and O–H groups in total. The highest BCUT2D eigenvalue weighted by Crippen LogP contribution is 1.30. The van der Waals surface area contributed by atoms with Crippen molar-refractivity contribution < 1.29 is 10.2 Å². The van der Waals surface area contributed by atoms with Crippen LogP contribution in [0.5, 0.6) is 0 Å². The Bertz CT molecular complexity index is 19.5. The van der Waals surface area contributed by atoms with E-state index in [4.69, 9.17) is 10.2 Å². The Balaban J connectivity index is 0. The molecular weight excluding hydrogens is 80.0 g/mol. The highest BCUT2D eigenvalue weighted by atomic mass is 16.2. The molecule has 0 saturated carbocycles. The first kappa shape index (κ1) is 9.09. The van der Waals surface area contributed by atoms with Gasteiger partial charge < -0.3 is 10.2 Å². The van der Waals surface area contributed by atoms with E-state index in [1.165, 1.54) is 0 Å². The van der Waals surface area contributed by atoms with Gasteiger partial charge in [-0.15, -0.1) is 0 Å². The highest BCUT2D eigenvalue weighted by Gasteiger charge is 1.34. The monoisotopic (exact) mass is 90.1 g/mol. The van der Waals surface area contributed by atoms with E-state index < -0.39 is 0 Å². The Morgan fingerprint density at radius 1 is 1.83 bits per heavy atom. The van der Waals surface area contributed by atoms with Gasteiger partial charge in [0, 0.05) is 6.61 Å². The smallest absolute Gasteiger partial charge is 0.0719 e. The first-order valence-corrected chi connectivity index (χ1v) is 1.69. The maximum atomic E-state index is 7.57. The van der Waals surface area contributed by atoms with Gasteiger partial charge in [-0.05, 0) is 6.92 Å². The molecule has 0 saturated heterocycles. The number of hydrogen-bond acceptors (Lipinski definition) is 2. The summed E-state index contributed by atoms with van der Waals surface area (Å²) < 4.78 is 0. The van der Waals surface area contributed by atoms with E-state index in [9.17, 15) is 0 Å². The van der Waals surface area contributed by atoms with Crippen molar-refractivity contribution in [2.24, 2.45) is 0 Å². The molecule has 0 unspecified atom stereocenters. The molecule has 0 radical (unpaired) electrons. The molecule has 0 bridgehead atoms. The lowest BCUT2D eigenvalue weighted by Gasteiger charge is -1.52. The van der Waals surface area contributed by atoms with Crippen molar-refractivity contribution in [2.75, 3.05) is 6.61 Å². The van der Waals surface area contributed by atoms with Crippen molar-refractivity contribution in [1.82, 2.24) is 0 Å². The summed E-state index contributed by atoms with van der Waals surface area (Å²) in [4.78, 5) is 0. The second-order valence-electron chi connectivity index (χ2n) is 0.499. The summed E-state index contributed by atoms with van der Waals surface area (Å²) in [5, 5.41) is 14.9. The highest BCUT2D eigenvalue weighted by molar-refractivity contribution is 4.38. The van der Waals surface area contributed by atoms with Crippen molar-refractivity contribution in [2.45, 2.75) is 6.92 Å². The SMILES string of the molecule is C=CO.CCO. The first-order valence-electron chi connectivity index (χ1n) is 1.69.